The quantitative estimate of drug-likeness (QED) is 0.770. The second-order valence-electron chi connectivity index (χ2n) is 4.76. The fraction of sp³-hybridized carbons (Fsp3) is 0.333. The molecule has 1 fully saturated rings. The molecule has 0 spiro atoms. The van der Waals surface area contributed by atoms with Crippen molar-refractivity contribution in [3.05, 3.63) is 53.9 Å². The van der Waals surface area contributed by atoms with Crippen molar-refractivity contribution in [3.8, 4) is 0 Å². The van der Waals surface area contributed by atoms with E-state index in [2.05, 4.69) is 17.2 Å². The van der Waals surface area contributed by atoms with Crippen molar-refractivity contribution in [1.82, 2.24) is 9.78 Å². The van der Waals surface area contributed by atoms with Gasteiger partial charge in [-0.25, -0.2) is 0 Å². The highest BCUT2D eigenvalue weighted by Gasteiger charge is 2.44. The Bertz CT molecular complexity index is 559. The molecule has 0 bridgehead atoms. The van der Waals surface area contributed by atoms with Gasteiger partial charge >= 0.3 is 0 Å². The number of nitrogens with zero attached hydrogens (tertiary/aromatic N) is 2. The summed E-state index contributed by atoms with van der Waals surface area (Å²) in [5.41, 5.74) is 2.03. The lowest BCUT2D eigenvalue weighted by Gasteiger charge is -2.03. The summed E-state index contributed by atoms with van der Waals surface area (Å²) in [6.07, 6.45) is 2.67. The van der Waals surface area contributed by atoms with E-state index in [9.17, 15) is 4.79 Å². The molecule has 2 unspecified atom stereocenters. The predicted octanol–water partition coefficient (Wildman–Crippen LogP) is 2.89. The number of aromatic nitrogens is 2. The molecule has 2 aromatic rings. The molecule has 0 N–H and O–H groups in total. The van der Waals surface area contributed by atoms with Crippen molar-refractivity contribution in [2.75, 3.05) is 0 Å². The maximum atomic E-state index is 12.4. The first-order chi connectivity index (χ1) is 8.81. The van der Waals surface area contributed by atoms with Gasteiger partial charge in [-0.1, -0.05) is 30.3 Å². The van der Waals surface area contributed by atoms with E-state index in [1.165, 1.54) is 5.56 Å². The summed E-state index contributed by atoms with van der Waals surface area (Å²) in [7, 11) is 0. The maximum Gasteiger partial charge on any atom is 0.184 e. The molecule has 0 aliphatic heterocycles. The molecule has 2 atom stereocenters. The van der Waals surface area contributed by atoms with Gasteiger partial charge in [0.05, 0.1) is 0 Å². The summed E-state index contributed by atoms with van der Waals surface area (Å²) in [6, 6.07) is 12.1. The van der Waals surface area contributed by atoms with Crippen LogP contribution in [-0.2, 0) is 6.54 Å². The number of Topliss-reactive ketones (excluding diaryl/α,β-unsaturated/α-hetero) is 1. The molecule has 0 amide bonds. The van der Waals surface area contributed by atoms with Gasteiger partial charge in [-0.3, -0.25) is 9.48 Å². The molecule has 1 aliphatic rings. The van der Waals surface area contributed by atoms with E-state index in [0.29, 0.717) is 5.92 Å². The molecule has 0 saturated heterocycles. The van der Waals surface area contributed by atoms with Crippen LogP contribution in [0.1, 0.15) is 35.3 Å². The van der Waals surface area contributed by atoms with Gasteiger partial charge in [-0.2, -0.15) is 5.10 Å². The highest BCUT2D eigenvalue weighted by atomic mass is 16.1. The molecule has 18 heavy (non-hydrogen) atoms. The van der Waals surface area contributed by atoms with Crippen LogP contribution in [0.15, 0.2) is 42.6 Å². The fourth-order valence-corrected chi connectivity index (χ4v) is 2.54. The van der Waals surface area contributed by atoms with Gasteiger partial charge in [0.2, 0.25) is 0 Å². The lowest BCUT2D eigenvalue weighted by Crippen LogP contribution is -2.11. The average molecular weight is 240 g/mol. The normalized spacial score (nSPS) is 21.8. The number of hydrogen-bond donors (Lipinski definition) is 0. The van der Waals surface area contributed by atoms with Crippen LogP contribution in [0.3, 0.4) is 0 Å². The first kappa shape index (κ1) is 11.2. The Morgan fingerprint density at radius 1 is 1.33 bits per heavy atom. The number of aryl methyl sites for hydroxylation is 1. The minimum Gasteiger partial charge on any atom is -0.292 e. The second kappa shape index (κ2) is 4.41. The van der Waals surface area contributed by atoms with E-state index < -0.39 is 0 Å². The molecule has 1 aliphatic carbocycles. The zero-order chi connectivity index (χ0) is 12.5. The number of hydrogen-bond acceptors (Lipinski definition) is 2. The zero-order valence-electron chi connectivity index (χ0n) is 10.4. The first-order valence-electron chi connectivity index (χ1n) is 6.42. The van der Waals surface area contributed by atoms with Crippen molar-refractivity contribution in [1.29, 1.82) is 0 Å². The second-order valence-corrected chi connectivity index (χ2v) is 4.76. The average Bonchev–Trinajstić information content (AvgIpc) is 3.08. The summed E-state index contributed by atoms with van der Waals surface area (Å²) in [6.45, 7) is 2.75. The molecule has 92 valence electrons. The van der Waals surface area contributed by atoms with Gasteiger partial charge in [-0.05, 0) is 30.9 Å². The molecule has 1 aromatic heterocycles. The molecular formula is C15H16N2O. The summed E-state index contributed by atoms with van der Waals surface area (Å²) in [4.78, 5) is 12.4. The van der Waals surface area contributed by atoms with Gasteiger partial charge in [0, 0.05) is 18.7 Å². The number of rotatable bonds is 4. The fourth-order valence-electron chi connectivity index (χ4n) is 2.54. The Morgan fingerprint density at radius 2 is 2.11 bits per heavy atom. The van der Waals surface area contributed by atoms with Crippen LogP contribution < -0.4 is 0 Å². The van der Waals surface area contributed by atoms with Crippen LogP contribution in [0.25, 0.3) is 0 Å². The van der Waals surface area contributed by atoms with Crippen molar-refractivity contribution < 1.29 is 4.79 Å². The van der Waals surface area contributed by atoms with Crippen LogP contribution in [0, 0.1) is 5.92 Å². The van der Waals surface area contributed by atoms with E-state index >= 15 is 0 Å². The number of carbonyl (C=O) groups is 1. The van der Waals surface area contributed by atoms with Gasteiger partial charge < -0.3 is 0 Å². The molecule has 1 aromatic carbocycles. The smallest absolute Gasteiger partial charge is 0.184 e. The van der Waals surface area contributed by atoms with E-state index in [0.717, 1.165) is 18.7 Å². The third-order valence-electron chi connectivity index (χ3n) is 3.62. The molecule has 1 heterocycles. The Labute approximate surface area is 106 Å². The van der Waals surface area contributed by atoms with E-state index in [1.54, 1.807) is 10.9 Å². The minimum atomic E-state index is 0.148. The van der Waals surface area contributed by atoms with Crippen molar-refractivity contribution in [2.45, 2.75) is 25.8 Å². The van der Waals surface area contributed by atoms with Crippen molar-refractivity contribution in [3.63, 3.8) is 0 Å². The Morgan fingerprint density at radius 3 is 2.83 bits per heavy atom. The summed E-state index contributed by atoms with van der Waals surface area (Å²) < 4.78 is 1.78. The van der Waals surface area contributed by atoms with Crippen LogP contribution >= 0.6 is 0 Å². The SMILES string of the molecule is CCn1nccc1C(=O)C1CC1c1ccccc1. The molecule has 1 saturated carbocycles. The summed E-state index contributed by atoms with van der Waals surface area (Å²) in [5.74, 6) is 0.788. The standard InChI is InChI=1S/C15H16N2O/c1-2-17-14(8-9-16-17)15(18)13-10-12(13)11-6-4-3-5-7-11/h3-9,12-13H,2,10H2,1H3. The molecule has 3 nitrogen and oxygen atoms in total. The van der Waals surface area contributed by atoms with Crippen molar-refractivity contribution >= 4 is 5.78 Å². The highest BCUT2D eigenvalue weighted by Crippen LogP contribution is 2.48. The Balaban J connectivity index is 1.77. The van der Waals surface area contributed by atoms with E-state index in [4.69, 9.17) is 0 Å². The van der Waals surface area contributed by atoms with Crippen LogP contribution in [0.4, 0.5) is 0 Å². The van der Waals surface area contributed by atoms with Crippen LogP contribution in [-0.4, -0.2) is 15.6 Å². The predicted molar refractivity (Wildman–Crippen MR) is 69.5 cm³/mol. The van der Waals surface area contributed by atoms with Crippen molar-refractivity contribution in [2.24, 2.45) is 5.92 Å². The monoisotopic (exact) mass is 240 g/mol. The third-order valence-corrected chi connectivity index (χ3v) is 3.62. The Kier molecular flexibility index (Phi) is 2.74. The van der Waals surface area contributed by atoms with E-state index in [-0.39, 0.29) is 11.7 Å². The lowest BCUT2D eigenvalue weighted by atomic mass is 10.1. The number of ketones is 1. The minimum absolute atomic E-state index is 0.148. The van der Waals surface area contributed by atoms with Gasteiger partial charge in [0.1, 0.15) is 5.69 Å². The van der Waals surface area contributed by atoms with Crippen LogP contribution in [0.5, 0.6) is 0 Å². The van der Waals surface area contributed by atoms with Crippen LogP contribution in [0.2, 0.25) is 0 Å². The lowest BCUT2D eigenvalue weighted by molar-refractivity contribution is 0.0954. The Hall–Kier alpha value is -1.90. The molecule has 0 radical (unpaired) electrons. The third kappa shape index (κ3) is 1.86. The summed E-state index contributed by atoms with van der Waals surface area (Å²) in [5, 5.41) is 4.16. The highest BCUT2D eigenvalue weighted by molar-refractivity contribution is 5.98. The number of benzene rings is 1. The van der Waals surface area contributed by atoms with E-state index in [1.807, 2.05) is 31.2 Å². The summed E-state index contributed by atoms with van der Waals surface area (Å²) >= 11 is 0. The topological polar surface area (TPSA) is 34.9 Å². The first-order valence-corrected chi connectivity index (χ1v) is 6.42. The van der Waals surface area contributed by atoms with Gasteiger partial charge in [0.25, 0.3) is 0 Å². The zero-order valence-corrected chi connectivity index (χ0v) is 10.4. The number of carbonyl (C=O) groups excluding carboxylic acids is 1. The maximum absolute atomic E-state index is 12.4. The molecular weight excluding hydrogens is 224 g/mol. The van der Waals surface area contributed by atoms with Gasteiger partial charge in [-0.15, -0.1) is 0 Å². The van der Waals surface area contributed by atoms with Gasteiger partial charge in [0.15, 0.2) is 5.78 Å². The molecule has 3 heteroatoms. The molecule has 3 rings (SSSR count). The largest absolute Gasteiger partial charge is 0.292 e.